The van der Waals surface area contributed by atoms with E-state index in [0.717, 1.165) is 6.92 Å². The molecule has 0 aromatic carbocycles. The molecule has 2 nitrogen and oxygen atoms in total. The Morgan fingerprint density at radius 2 is 1.64 bits per heavy atom. The molecular formula is C6H4F3NO. The van der Waals surface area contributed by atoms with E-state index >= 15 is 0 Å². The molecule has 11 heavy (non-hydrogen) atoms. The summed E-state index contributed by atoms with van der Waals surface area (Å²) >= 11 is 0. The van der Waals surface area contributed by atoms with Crippen molar-refractivity contribution in [3.8, 4) is 0 Å². The second kappa shape index (κ2) is 2.41. The third-order valence-corrected chi connectivity index (χ3v) is 1.22. The first-order valence-electron chi connectivity index (χ1n) is 2.77. The van der Waals surface area contributed by atoms with Crippen LogP contribution >= 0.6 is 0 Å². The van der Waals surface area contributed by atoms with Gasteiger partial charge in [0.1, 0.15) is 0 Å². The summed E-state index contributed by atoms with van der Waals surface area (Å²) in [7, 11) is 0. The van der Waals surface area contributed by atoms with E-state index in [1.54, 1.807) is 4.98 Å². The van der Waals surface area contributed by atoms with Crippen molar-refractivity contribution >= 4 is 0 Å². The summed E-state index contributed by atoms with van der Waals surface area (Å²) in [6.07, 6.45) is 0. The highest BCUT2D eigenvalue weighted by molar-refractivity contribution is 5.09. The first-order chi connectivity index (χ1) is 5.04. The standard InChI is InChI=1S/C6H4F3NO/c1-2-3(7)4(8)5(9)6(11)10-2/h1H3,(H,10,11). The van der Waals surface area contributed by atoms with Crippen molar-refractivity contribution in [2.24, 2.45) is 0 Å². The van der Waals surface area contributed by atoms with Gasteiger partial charge in [0, 0.05) is 0 Å². The lowest BCUT2D eigenvalue weighted by Crippen LogP contribution is -2.16. The highest BCUT2D eigenvalue weighted by Crippen LogP contribution is 2.07. The first kappa shape index (κ1) is 7.84. The third kappa shape index (κ3) is 1.13. The molecule has 0 bridgehead atoms. The maximum atomic E-state index is 12.4. The number of hydrogen-bond donors (Lipinski definition) is 1. The van der Waals surface area contributed by atoms with Gasteiger partial charge in [-0.3, -0.25) is 4.79 Å². The maximum absolute atomic E-state index is 12.4. The lowest BCUT2D eigenvalue weighted by molar-refractivity contribution is 0.430. The van der Waals surface area contributed by atoms with Gasteiger partial charge in [-0.2, -0.15) is 4.39 Å². The molecule has 0 spiro atoms. The minimum atomic E-state index is -1.73. The van der Waals surface area contributed by atoms with Gasteiger partial charge in [-0.1, -0.05) is 0 Å². The predicted molar refractivity (Wildman–Crippen MR) is 31.7 cm³/mol. The average molecular weight is 163 g/mol. The van der Waals surface area contributed by atoms with Gasteiger partial charge in [-0.25, -0.2) is 8.78 Å². The summed E-state index contributed by atoms with van der Waals surface area (Å²) < 4.78 is 36.9. The summed E-state index contributed by atoms with van der Waals surface area (Å²) in [6.45, 7) is 1.14. The van der Waals surface area contributed by atoms with Crippen LogP contribution in [-0.4, -0.2) is 4.98 Å². The Balaban J connectivity index is 3.59. The zero-order valence-corrected chi connectivity index (χ0v) is 5.54. The Kier molecular flexibility index (Phi) is 1.72. The van der Waals surface area contributed by atoms with Crippen molar-refractivity contribution in [3.63, 3.8) is 0 Å². The summed E-state index contributed by atoms with van der Waals surface area (Å²) in [5.74, 6) is -4.80. The largest absolute Gasteiger partial charge is 0.321 e. The second-order valence-corrected chi connectivity index (χ2v) is 2.02. The Hall–Kier alpha value is -1.26. The van der Waals surface area contributed by atoms with E-state index < -0.39 is 23.0 Å². The smallest absolute Gasteiger partial charge is 0.287 e. The number of halogens is 3. The van der Waals surface area contributed by atoms with Crippen LogP contribution in [0.3, 0.4) is 0 Å². The number of aromatic nitrogens is 1. The first-order valence-corrected chi connectivity index (χ1v) is 2.77. The molecule has 0 saturated carbocycles. The fraction of sp³-hybridized carbons (Fsp3) is 0.167. The molecule has 0 aliphatic heterocycles. The molecule has 1 heterocycles. The molecule has 5 heteroatoms. The fourth-order valence-corrected chi connectivity index (χ4v) is 0.641. The zero-order chi connectivity index (χ0) is 8.59. The SMILES string of the molecule is Cc1[nH]c(=O)c(F)c(F)c1F. The van der Waals surface area contributed by atoms with Crippen molar-refractivity contribution in [1.29, 1.82) is 0 Å². The van der Waals surface area contributed by atoms with Gasteiger partial charge in [-0.15, -0.1) is 0 Å². The summed E-state index contributed by atoms with van der Waals surface area (Å²) in [5, 5.41) is 0. The monoisotopic (exact) mass is 163 g/mol. The molecule has 1 aromatic rings. The minimum absolute atomic E-state index is 0.311. The molecule has 0 saturated heterocycles. The minimum Gasteiger partial charge on any atom is -0.321 e. The predicted octanol–water partition coefficient (Wildman–Crippen LogP) is 1.10. The van der Waals surface area contributed by atoms with Crippen molar-refractivity contribution in [2.45, 2.75) is 6.92 Å². The number of aryl methyl sites for hydroxylation is 1. The maximum Gasteiger partial charge on any atom is 0.287 e. The Morgan fingerprint density at radius 3 is 2.18 bits per heavy atom. The summed E-state index contributed by atoms with van der Waals surface area (Å²) in [6, 6.07) is 0. The molecule has 1 rings (SSSR count). The van der Waals surface area contributed by atoms with Gasteiger partial charge in [0.25, 0.3) is 5.56 Å². The van der Waals surface area contributed by atoms with Gasteiger partial charge in [-0.05, 0) is 6.92 Å². The molecule has 0 fully saturated rings. The number of aromatic amines is 1. The molecule has 1 N–H and O–H groups in total. The van der Waals surface area contributed by atoms with E-state index in [4.69, 9.17) is 0 Å². The van der Waals surface area contributed by atoms with Crippen LogP contribution in [0, 0.1) is 24.4 Å². The molecule has 0 aliphatic carbocycles. The van der Waals surface area contributed by atoms with Gasteiger partial charge in [0.05, 0.1) is 5.69 Å². The Morgan fingerprint density at radius 1 is 1.09 bits per heavy atom. The van der Waals surface area contributed by atoms with Crippen LogP contribution in [0.1, 0.15) is 5.69 Å². The molecule has 0 aliphatic rings. The number of rotatable bonds is 0. The van der Waals surface area contributed by atoms with Crippen molar-refractivity contribution < 1.29 is 13.2 Å². The lowest BCUT2D eigenvalue weighted by atomic mass is 10.3. The van der Waals surface area contributed by atoms with E-state index in [9.17, 15) is 18.0 Å². The molecule has 0 atom stereocenters. The van der Waals surface area contributed by atoms with Gasteiger partial charge < -0.3 is 4.98 Å². The van der Waals surface area contributed by atoms with E-state index in [-0.39, 0.29) is 5.69 Å². The lowest BCUT2D eigenvalue weighted by Gasteiger charge is -1.96. The summed E-state index contributed by atoms with van der Waals surface area (Å²) in [5.41, 5.74) is -1.56. The highest BCUT2D eigenvalue weighted by Gasteiger charge is 2.14. The highest BCUT2D eigenvalue weighted by atomic mass is 19.2. The average Bonchev–Trinajstić information content (AvgIpc) is 1.97. The van der Waals surface area contributed by atoms with Gasteiger partial charge in [0.2, 0.25) is 11.6 Å². The van der Waals surface area contributed by atoms with E-state index in [1.807, 2.05) is 0 Å². The van der Waals surface area contributed by atoms with Crippen molar-refractivity contribution in [3.05, 3.63) is 33.5 Å². The fourth-order valence-electron chi connectivity index (χ4n) is 0.641. The van der Waals surface area contributed by atoms with Crippen LogP contribution in [0.15, 0.2) is 4.79 Å². The molecule has 60 valence electrons. The number of H-pyrrole nitrogens is 1. The Bertz CT molecular complexity index is 344. The second-order valence-electron chi connectivity index (χ2n) is 2.02. The topological polar surface area (TPSA) is 32.9 Å². The number of nitrogens with one attached hydrogen (secondary N) is 1. The van der Waals surface area contributed by atoms with Crippen LogP contribution in [0.4, 0.5) is 13.2 Å². The van der Waals surface area contributed by atoms with Crippen LogP contribution in [0.5, 0.6) is 0 Å². The molecular weight excluding hydrogens is 159 g/mol. The number of pyridine rings is 1. The molecule has 0 amide bonds. The Labute approximate surface area is 59.7 Å². The summed E-state index contributed by atoms with van der Waals surface area (Å²) in [4.78, 5) is 12.2. The van der Waals surface area contributed by atoms with Crippen molar-refractivity contribution in [2.75, 3.05) is 0 Å². The van der Waals surface area contributed by atoms with Gasteiger partial charge in [0.15, 0.2) is 5.82 Å². The number of hydrogen-bond acceptors (Lipinski definition) is 1. The van der Waals surface area contributed by atoms with Gasteiger partial charge >= 0.3 is 0 Å². The zero-order valence-electron chi connectivity index (χ0n) is 5.54. The molecule has 0 unspecified atom stereocenters. The quantitative estimate of drug-likeness (QED) is 0.610. The van der Waals surface area contributed by atoms with Crippen molar-refractivity contribution in [1.82, 2.24) is 4.98 Å². The van der Waals surface area contributed by atoms with Crippen LogP contribution < -0.4 is 5.56 Å². The third-order valence-electron chi connectivity index (χ3n) is 1.22. The van der Waals surface area contributed by atoms with E-state index in [0.29, 0.717) is 0 Å². The normalized spacial score (nSPS) is 10.2. The van der Waals surface area contributed by atoms with Crippen LogP contribution in [-0.2, 0) is 0 Å². The van der Waals surface area contributed by atoms with E-state index in [2.05, 4.69) is 0 Å². The van der Waals surface area contributed by atoms with Crippen LogP contribution in [0.2, 0.25) is 0 Å². The van der Waals surface area contributed by atoms with E-state index in [1.165, 1.54) is 0 Å². The molecule has 1 aromatic heterocycles. The molecule has 0 radical (unpaired) electrons. The van der Waals surface area contributed by atoms with Crippen LogP contribution in [0.25, 0.3) is 0 Å².